The van der Waals surface area contributed by atoms with Crippen molar-refractivity contribution in [1.29, 1.82) is 0 Å². The topological polar surface area (TPSA) is 62.0 Å². The Bertz CT molecular complexity index is 636. The van der Waals surface area contributed by atoms with Crippen molar-refractivity contribution < 1.29 is 9.15 Å². The maximum absolute atomic E-state index is 5.76. The normalized spacial score (nSPS) is 11.6. The first kappa shape index (κ1) is 19.8. The van der Waals surface area contributed by atoms with Crippen LogP contribution in [0.3, 0.4) is 0 Å². The molecule has 6 nitrogen and oxygen atoms in total. The van der Waals surface area contributed by atoms with Crippen molar-refractivity contribution in [1.82, 2.24) is 15.5 Å². The van der Waals surface area contributed by atoms with Crippen LogP contribution >= 0.6 is 0 Å². The number of hydrogen-bond acceptors (Lipinski definition) is 4. The lowest BCUT2D eigenvalue weighted by Gasteiger charge is -2.11. The minimum absolute atomic E-state index is 0.606. The highest BCUT2D eigenvalue weighted by Crippen LogP contribution is 2.13. The summed E-state index contributed by atoms with van der Waals surface area (Å²) in [4.78, 5) is 6.77. The van der Waals surface area contributed by atoms with E-state index in [1.54, 1.807) is 6.26 Å². The van der Waals surface area contributed by atoms with E-state index in [4.69, 9.17) is 9.15 Å². The first-order valence-electron chi connectivity index (χ1n) is 9.08. The van der Waals surface area contributed by atoms with Crippen LogP contribution in [0.25, 0.3) is 0 Å². The van der Waals surface area contributed by atoms with Crippen molar-refractivity contribution in [3.05, 3.63) is 54.0 Å². The highest BCUT2D eigenvalue weighted by Gasteiger charge is 2.01. The van der Waals surface area contributed by atoms with Crippen LogP contribution in [0.5, 0.6) is 5.75 Å². The van der Waals surface area contributed by atoms with Crippen LogP contribution in [0, 0.1) is 0 Å². The van der Waals surface area contributed by atoms with Gasteiger partial charge in [-0.2, -0.15) is 0 Å². The summed E-state index contributed by atoms with van der Waals surface area (Å²) >= 11 is 0. The lowest BCUT2D eigenvalue weighted by Crippen LogP contribution is -2.36. The minimum atomic E-state index is 0.606. The second kappa shape index (κ2) is 11.2. The first-order chi connectivity index (χ1) is 12.7. The molecule has 26 heavy (non-hydrogen) atoms. The molecule has 0 aliphatic heterocycles. The van der Waals surface area contributed by atoms with Gasteiger partial charge in [0.1, 0.15) is 11.5 Å². The number of hydrogen-bond donors (Lipinski definition) is 2. The van der Waals surface area contributed by atoms with Gasteiger partial charge in [0, 0.05) is 13.1 Å². The Kier molecular flexibility index (Phi) is 8.55. The van der Waals surface area contributed by atoms with E-state index in [1.807, 2.05) is 31.2 Å². The molecule has 0 aliphatic carbocycles. The molecule has 0 saturated heterocycles. The molecule has 0 amide bonds. The summed E-state index contributed by atoms with van der Waals surface area (Å²) in [6.07, 6.45) is 2.69. The van der Waals surface area contributed by atoms with Crippen molar-refractivity contribution in [2.24, 2.45) is 4.99 Å². The van der Waals surface area contributed by atoms with Crippen LogP contribution in [0.1, 0.15) is 24.7 Å². The molecular formula is C20H30N4O2. The SMILES string of the molecule is CCNC(=NCc1ccc(OCCCN(C)C)cc1)NCc1ccco1. The lowest BCUT2D eigenvalue weighted by molar-refractivity contribution is 0.281. The second-order valence-electron chi connectivity index (χ2n) is 6.28. The smallest absolute Gasteiger partial charge is 0.191 e. The zero-order valence-electron chi connectivity index (χ0n) is 16.0. The average Bonchev–Trinajstić information content (AvgIpc) is 3.15. The number of furan rings is 1. The van der Waals surface area contributed by atoms with Crippen LogP contribution < -0.4 is 15.4 Å². The van der Waals surface area contributed by atoms with Crippen molar-refractivity contribution in [2.75, 3.05) is 33.8 Å². The van der Waals surface area contributed by atoms with E-state index >= 15 is 0 Å². The van der Waals surface area contributed by atoms with Gasteiger partial charge in [-0.05, 0) is 57.3 Å². The molecule has 0 bridgehead atoms. The standard InChI is InChI=1S/C20H30N4O2/c1-4-21-20(23-16-19-7-5-13-26-19)22-15-17-8-10-18(11-9-17)25-14-6-12-24(2)3/h5,7-11,13H,4,6,12,14-16H2,1-3H3,(H2,21,22,23). The molecule has 1 aromatic heterocycles. The van der Waals surface area contributed by atoms with Gasteiger partial charge in [-0.3, -0.25) is 0 Å². The van der Waals surface area contributed by atoms with E-state index < -0.39 is 0 Å². The Morgan fingerprint density at radius 3 is 2.62 bits per heavy atom. The van der Waals surface area contributed by atoms with Gasteiger partial charge in [0.25, 0.3) is 0 Å². The van der Waals surface area contributed by atoms with E-state index in [9.17, 15) is 0 Å². The van der Waals surface area contributed by atoms with Crippen LogP contribution in [0.2, 0.25) is 0 Å². The third kappa shape index (κ3) is 7.61. The van der Waals surface area contributed by atoms with Gasteiger partial charge >= 0.3 is 0 Å². The third-order valence-electron chi connectivity index (χ3n) is 3.72. The highest BCUT2D eigenvalue weighted by molar-refractivity contribution is 5.79. The van der Waals surface area contributed by atoms with E-state index in [0.29, 0.717) is 13.1 Å². The quantitative estimate of drug-likeness (QED) is 0.388. The second-order valence-corrected chi connectivity index (χ2v) is 6.28. The largest absolute Gasteiger partial charge is 0.494 e. The Morgan fingerprint density at radius 1 is 1.15 bits per heavy atom. The Labute approximate surface area is 156 Å². The summed E-state index contributed by atoms with van der Waals surface area (Å²) in [5.74, 6) is 2.55. The molecule has 0 radical (unpaired) electrons. The number of rotatable bonds is 10. The molecule has 0 saturated carbocycles. The predicted molar refractivity (Wildman–Crippen MR) is 105 cm³/mol. The van der Waals surface area contributed by atoms with E-state index in [1.165, 1.54) is 0 Å². The Balaban J connectivity index is 1.80. The molecule has 6 heteroatoms. The zero-order chi connectivity index (χ0) is 18.6. The number of nitrogens with one attached hydrogen (secondary N) is 2. The minimum Gasteiger partial charge on any atom is -0.494 e. The lowest BCUT2D eigenvalue weighted by atomic mass is 10.2. The number of nitrogens with zero attached hydrogens (tertiary/aromatic N) is 2. The first-order valence-corrected chi connectivity index (χ1v) is 9.08. The van der Waals surface area contributed by atoms with E-state index in [2.05, 4.69) is 46.8 Å². The fourth-order valence-electron chi connectivity index (χ4n) is 2.36. The summed E-state index contributed by atoms with van der Waals surface area (Å²) in [6.45, 7) is 5.84. The summed E-state index contributed by atoms with van der Waals surface area (Å²) in [5.41, 5.74) is 1.14. The Morgan fingerprint density at radius 2 is 1.96 bits per heavy atom. The van der Waals surface area contributed by atoms with Crippen molar-refractivity contribution in [3.8, 4) is 5.75 Å². The van der Waals surface area contributed by atoms with Crippen molar-refractivity contribution in [3.63, 3.8) is 0 Å². The van der Waals surface area contributed by atoms with Gasteiger partial charge in [0.2, 0.25) is 0 Å². The van der Waals surface area contributed by atoms with E-state index in [-0.39, 0.29) is 0 Å². The van der Waals surface area contributed by atoms with Gasteiger partial charge in [-0.25, -0.2) is 4.99 Å². The molecule has 0 fully saturated rings. The molecular weight excluding hydrogens is 328 g/mol. The summed E-state index contributed by atoms with van der Waals surface area (Å²) in [6, 6.07) is 11.9. The molecule has 0 atom stereocenters. The molecule has 0 unspecified atom stereocenters. The summed E-state index contributed by atoms with van der Waals surface area (Å²) in [7, 11) is 4.14. The molecule has 1 heterocycles. The maximum atomic E-state index is 5.76. The molecule has 1 aromatic carbocycles. The number of benzene rings is 1. The average molecular weight is 358 g/mol. The fraction of sp³-hybridized carbons (Fsp3) is 0.450. The molecule has 2 rings (SSSR count). The van der Waals surface area contributed by atoms with Gasteiger partial charge in [-0.1, -0.05) is 12.1 Å². The zero-order valence-corrected chi connectivity index (χ0v) is 16.0. The number of aliphatic imine (C=N–C) groups is 1. The van der Waals surface area contributed by atoms with Crippen molar-refractivity contribution in [2.45, 2.75) is 26.4 Å². The van der Waals surface area contributed by atoms with Crippen LogP contribution in [-0.2, 0) is 13.1 Å². The van der Waals surface area contributed by atoms with E-state index in [0.717, 1.165) is 49.1 Å². The molecule has 0 aliphatic rings. The van der Waals surface area contributed by atoms with Crippen LogP contribution in [0.15, 0.2) is 52.1 Å². The Hall–Kier alpha value is -2.47. The van der Waals surface area contributed by atoms with Crippen LogP contribution in [0.4, 0.5) is 0 Å². The maximum Gasteiger partial charge on any atom is 0.191 e. The van der Waals surface area contributed by atoms with Gasteiger partial charge in [0.05, 0.1) is 26.0 Å². The van der Waals surface area contributed by atoms with Crippen LogP contribution in [-0.4, -0.2) is 44.7 Å². The van der Waals surface area contributed by atoms with Gasteiger partial charge < -0.3 is 24.7 Å². The number of guanidine groups is 1. The summed E-state index contributed by atoms with van der Waals surface area (Å²) in [5, 5.41) is 6.50. The fourth-order valence-corrected chi connectivity index (χ4v) is 2.36. The molecule has 2 aromatic rings. The van der Waals surface area contributed by atoms with Gasteiger partial charge in [0.15, 0.2) is 5.96 Å². The van der Waals surface area contributed by atoms with Gasteiger partial charge in [-0.15, -0.1) is 0 Å². The highest BCUT2D eigenvalue weighted by atomic mass is 16.5. The molecule has 0 spiro atoms. The third-order valence-corrected chi connectivity index (χ3v) is 3.72. The number of ether oxygens (including phenoxy) is 1. The molecule has 2 N–H and O–H groups in total. The summed E-state index contributed by atoms with van der Waals surface area (Å²) < 4.78 is 11.1. The molecule has 142 valence electrons. The van der Waals surface area contributed by atoms with Crippen molar-refractivity contribution >= 4 is 5.96 Å². The predicted octanol–water partition coefficient (Wildman–Crippen LogP) is 2.87. The monoisotopic (exact) mass is 358 g/mol.